The Morgan fingerprint density at radius 2 is 2.14 bits per heavy atom. The summed E-state index contributed by atoms with van der Waals surface area (Å²) >= 11 is 4.86. The Kier molecular flexibility index (Phi) is 5.19. The highest BCUT2D eigenvalue weighted by molar-refractivity contribution is 9.10. The van der Waals surface area contributed by atoms with E-state index in [-0.39, 0.29) is 11.4 Å². The third-order valence-corrected chi connectivity index (χ3v) is 5.63. The van der Waals surface area contributed by atoms with Crippen molar-refractivity contribution in [1.82, 2.24) is 4.90 Å². The number of thioether (sulfide) groups is 1. The number of amides is 1. The molecule has 0 radical (unpaired) electrons. The number of nitrogens with one attached hydrogen (secondary N) is 1. The van der Waals surface area contributed by atoms with Crippen LogP contribution in [0.15, 0.2) is 69.1 Å². The molecule has 2 aliphatic rings. The van der Waals surface area contributed by atoms with Gasteiger partial charge in [0.25, 0.3) is 5.91 Å². The number of rotatable bonds is 4. The van der Waals surface area contributed by atoms with E-state index in [1.807, 2.05) is 30.3 Å². The van der Waals surface area contributed by atoms with E-state index in [2.05, 4.69) is 40.0 Å². The summed E-state index contributed by atoms with van der Waals surface area (Å²) in [5, 5.41) is 10.6. The lowest BCUT2D eigenvalue weighted by molar-refractivity contribution is -0.114. The highest BCUT2D eigenvalue weighted by Gasteiger charge is 2.30. The minimum Gasteiger partial charge on any atom is -0.488 e. The maximum absolute atomic E-state index is 12.3. The van der Waals surface area contributed by atoms with Gasteiger partial charge in [-0.15, -0.1) is 0 Å². The fourth-order valence-corrected chi connectivity index (χ4v) is 4.10. The summed E-state index contributed by atoms with van der Waals surface area (Å²) in [6.45, 7) is 2.52. The summed E-state index contributed by atoms with van der Waals surface area (Å²) in [7, 11) is 0. The highest BCUT2D eigenvalue weighted by atomic mass is 79.9. The monoisotopic (exact) mass is 453 g/mol. The van der Waals surface area contributed by atoms with E-state index in [0.29, 0.717) is 17.5 Å². The normalized spacial score (nSPS) is 17.1. The number of aliphatic imine (C=N–C) groups is 1. The average Bonchev–Trinajstić information content (AvgIpc) is 3.13. The lowest BCUT2D eigenvalue weighted by Gasteiger charge is -2.22. The van der Waals surface area contributed by atoms with Crippen molar-refractivity contribution in [2.24, 2.45) is 4.99 Å². The minimum absolute atomic E-state index is 0.132. The number of aryl methyl sites for hydroxylation is 1. The summed E-state index contributed by atoms with van der Waals surface area (Å²) in [4.78, 5) is 17.9. The Hall–Kier alpha value is -2.64. The van der Waals surface area contributed by atoms with Crippen molar-refractivity contribution in [2.75, 3.05) is 0 Å². The lowest BCUT2D eigenvalue weighted by atomic mass is 10.1. The van der Waals surface area contributed by atoms with Crippen molar-refractivity contribution in [2.45, 2.75) is 13.5 Å². The van der Waals surface area contributed by atoms with Crippen molar-refractivity contribution in [3.8, 4) is 5.75 Å². The van der Waals surface area contributed by atoms with Crippen molar-refractivity contribution >= 4 is 50.7 Å². The largest absolute Gasteiger partial charge is 0.488 e. The third-order valence-electron chi connectivity index (χ3n) is 4.26. The predicted octanol–water partition coefficient (Wildman–Crippen LogP) is 5.11. The van der Waals surface area contributed by atoms with Crippen LogP contribution in [0.1, 0.15) is 16.7 Å². The van der Waals surface area contributed by atoms with Crippen LogP contribution < -0.4 is 4.74 Å². The number of halogens is 1. The van der Waals surface area contributed by atoms with Crippen LogP contribution in [0.4, 0.5) is 0 Å². The van der Waals surface area contributed by atoms with E-state index >= 15 is 0 Å². The second-order valence-corrected chi connectivity index (χ2v) is 8.07. The van der Waals surface area contributed by atoms with E-state index in [1.165, 1.54) is 17.3 Å². The molecule has 0 unspecified atom stereocenters. The van der Waals surface area contributed by atoms with Gasteiger partial charge in [-0.25, -0.2) is 0 Å². The smallest absolute Gasteiger partial charge is 0.283 e. The first-order valence-electron chi connectivity index (χ1n) is 8.55. The summed E-state index contributed by atoms with van der Waals surface area (Å²) in [6, 6.07) is 13.8. The molecule has 2 aromatic rings. The van der Waals surface area contributed by atoms with Crippen molar-refractivity contribution < 1.29 is 9.53 Å². The molecular weight excluding hydrogens is 438 g/mol. The first-order valence-corrected chi connectivity index (χ1v) is 10.2. The fourth-order valence-electron chi connectivity index (χ4n) is 2.88. The van der Waals surface area contributed by atoms with E-state index in [9.17, 15) is 4.79 Å². The highest BCUT2D eigenvalue weighted by Crippen LogP contribution is 2.30. The first kappa shape index (κ1) is 18.7. The molecule has 0 fully saturated rings. The molecule has 1 amide bonds. The van der Waals surface area contributed by atoms with E-state index in [1.54, 1.807) is 22.6 Å². The molecule has 2 heterocycles. The SMILES string of the molecule is Cc1cccc(COc2ccc(/C=C3\C(=N)N4C=CSC4=NC3=O)cc2Br)c1. The first-order chi connectivity index (χ1) is 13.5. The number of carbonyl (C=O) groups is 1. The zero-order chi connectivity index (χ0) is 19.7. The van der Waals surface area contributed by atoms with E-state index in [4.69, 9.17) is 10.1 Å². The Balaban J connectivity index is 1.53. The molecule has 7 heteroatoms. The van der Waals surface area contributed by atoms with Crippen LogP contribution in [-0.4, -0.2) is 21.8 Å². The molecule has 2 aliphatic heterocycles. The Morgan fingerprint density at radius 1 is 1.29 bits per heavy atom. The average molecular weight is 454 g/mol. The van der Waals surface area contributed by atoms with Gasteiger partial charge in [-0.1, -0.05) is 47.7 Å². The lowest BCUT2D eigenvalue weighted by Crippen LogP contribution is -2.35. The van der Waals surface area contributed by atoms with Gasteiger partial charge in [-0.05, 0) is 57.6 Å². The number of fused-ring (bicyclic) bond motifs is 1. The van der Waals surface area contributed by atoms with Crippen LogP contribution in [0, 0.1) is 12.3 Å². The second kappa shape index (κ2) is 7.77. The van der Waals surface area contributed by atoms with E-state index in [0.717, 1.165) is 15.6 Å². The molecule has 4 rings (SSSR count). The number of carbonyl (C=O) groups excluding carboxylic acids is 1. The van der Waals surface area contributed by atoms with Crippen LogP contribution in [0.25, 0.3) is 6.08 Å². The number of nitrogens with zero attached hydrogens (tertiary/aromatic N) is 2. The number of amidine groups is 2. The molecule has 0 spiro atoms. The second-order valence-electron chi connectivity index (χ2n) is 6.35. The van der Waals surface area contributed by atoms with Crippen LogP contribution in [0.2, 0.25) is 0 Å². The van der Waals surface area contributed by atoms with Gasteiger partial charge in [0.15, 0.2) is 5.17 Å². The molecule has 1 N–H and O–H groups in total. The molecule has 140 valence electrons. The molecule has 5 nitrogen and oxygen atoms in total. The van der Waals surface area contributed by atoms with Gasteiger partial charge in [0.1, 0.15) is 18.2 Å². The van der Waals surface area contributed by atoms with Crippen LogP contribution >= 0.6 is 27.7 Å². The topological polar surface area (TPSA) is 65.8 Å². The quantitative estimate of drug-likeness (QED) is 0.652. The maximum Gasteiger partial charge on any atom is 0.283 e. The zero-order valence-electron chi connectivity index (χ0n) is 15.0. The molecule has 0 atom stereocenters. The summed E-state index contributed by atoms with van der Waals surface area (Å²) < 4.78 is 6.69. The number of ether oxygens (including phenoxy) is 1. The summed E-state index contributed by atoms with van der Waals surface area (Å²) in [6.07, 6.45) is 3.42. The fraction of sp³-hybridized carbons (Fsp3) is 0.0952. The van der Waals surface area contributed by atoms with Crippen molar-refractivity contribution in [3.05, 3.63) is 80.8 Å². The third kappa shape index (κ3) is 3.81. The molecule has 0 saturated carbocycles. The van der Waals surface area contributed by atoms with E-state index < -0.39 is 5.91 Å². The maximum atomic E-state index is 12.3. The standard InChI is InChI=1S/C21H16BrN3O2S/c1-13-3-2-4-15(9-13)12-27-18-6-5-14(11-17(18)22)10-16-19(23)25-7-8-28-21(25)24-20(16)26/h2-11,23H,12H2,1H3/b16-10+,23-19?. The van der Waals surface area contributed by atoms with Crippen LogP contribution in [0.3, 0.4) is 0 Å². The molecule has 0 bridgehead atoms. The van der Waals surface area contributed by atoms with Crippen LogP contribution in [0.5, 0.6) is 5.75 Å². The molecule has 28 heavy (non-hydrogen) atoms. The van der Waals surface area contributed by atoms with Gasteiger partial charge in [0, 0.05) is 6.20 Å². The van der Waals surface area contributed by atoms with Gasteiger partial charge in [-0.3, -0.25) is 15.1 Å². The molecule has 0 saturated heterocycles. The zero-order valence-corrected chi connectivity index (χ0v) is 17.4. The van der Waals surface area contributed by atoms with Gasteiger partial charge < -0.3 is 4.74 Å². The number of hydrogen-bond acceptors (Lipinski definition) is 4. The Morgan fingerprint density at radius 3 is 2.93 bits per heavy atom. The van der Waals surface area contributed by atoms with Crippen molar-refractivity contribution in [1.29, 1.82) is 5.41 Å². The Bertz CT molecular complexity index is 1080. The molecule has 0 aromatic heterocycles. The van der Waals surface area contributed by atoms with Gasteiger partial charge >= 0.3 is 0 Å². The number of benzene rings is 2. The minimum atomic E-state index is -0.400. The van der Waals surface area contributed by atoms with Crippen molar-refractivity contribution in [3.63, 3.8) is 0 Å². The Labute approximate surface area is 175 Å². The number of hydrogen-bond donors (Lipinski definition) is 1. The van der Waals surface area contributed by atoms with Crippen LogP contribution in [-0.2, 0) is 11.4 Å². The van der Waals surface area contributed by atoms with Gasteiger partial charge in [0.05, 0.1) is 10.0 Å². The summed E-state index contributed by atoms with van der Waals surface area (Å²) in [5.74, 6) is 0.448. The summed E-state index contributed by atoms with van der Waals surface area (Å²) in [5.41, 5.74) is 3.34. The molecule has 2 aromatic carbocycles. The molecule has 0 aliphatic carbocycles. The van der Waals surface area contributed by atoms with Gasteiger partial charge in [-0.2, -0.15) is 4.99 Å². The predicted molar refractivity (Wildman–Crippen MR) is 116 cm³/mol. The molecular formula is C21H16BrN3O2S. The van der Waals surface area contributed by atoms with Gasteiger partial charge in [0.2, 0.25) is 0 Å².